The average Bonchev–Trinajstić information content (AvgIpc) is 3.64. The fraction of sp³-hybridized carbons (Fsp3) is 0.458. The summed E-state index contributed by atoms with van der Waals surface area (Å²) in [4.78, 5) is 42.7. The predicted octanol–water partition coefficient (Wildman–Crippen LogP) is 1.24. The van der Waals surface area contributed by atoms with E-state index in [2.05, 4.69) is 5.32 Å². The summed E-state index contributed by atoms with van der Waals surface area (Å²) in [7, 11) is 1.55. The first-order valence-corrected chi connectivity index (χ1v) is 11.5. The Bertz CT molecular complexity index is 1090. The highest BCUT2D eigenvalue weighted by atomic mass is 16.7. The molecule has 3 amide bonds. The molecule has 4 heterocycles. The minimum Gasteiger partial charge on any atom is -0.459 e. The fourth-order valence-electron chi connectivity index (χ4n) is 4.75. The monoisotopic (exact) mass is 485 g/mol. The molecule has 3 aliphatic rings. The SMILES string of the molecule is COCCNC(=O)C1COC2(CCN(C(=O)c3ccc4c(c3)OCO4)CC2)N1C(=O)c1ccco1. The van der Waals surface area contributed by atoms with Crippen molar-refractivity contribution in [3.8, 4) is 11.5 Å². The van der Waals surface area contributed by atoms with Crippen LogP contribution in [0.15, 0.2) is 41.0 Å². The summed E-state index contributed by atoms with van der Waals surface area (Å²) in [6.45, 7) is 1.57. The van der Waals surface area contributed by atoms with Gasteiger partial charge in [-0.05, 0) is 30.3 Å². The summed E-state index contributed by atoms with van der Waals surface area (Å²) >= 11 is 0. The molecule has 3 aliphatic heterocycles. The van der Waals surface area contributed by atoms with Crippen molar-refractivity contribution >= 4 is 17.7 Å². The van der Waals surface area contributed by atoms with Gasteiger partial charge in [0.1, 0.15) is 11.8 Å². The lowest BCUT2D eigenvalue weighted by Gasteiger charge is -2.44. The Hall–Kier alpha value is -3.57. The molecule has 2 saturated heterocycles. The maximum Gasteiger partial charge on any atom is 0.292 e. The quantitative estimate of drug-likeness (QED) is 0.607. The number of rotatable bonds is 6. The lowest BCUT2D eigenvalue weighted by atomic mass is 9.96. The van der Waals surface area contributed by atoms with Crippen molar-refractivity contribution in [2.45, 2.75) is 24.6 Å². The molecule has 5 rings (SSSR count). The third-order valence-corrected chi connectivity index (χ3v) is 6.57. The number of carbonyl (C=O) groups is 3. The fourth-order valence-corrected chi connectivity index (χ4v) is 4.75. The van der Waals surface area contributed by atoms with Gasteiger partial charge in [0.15, 0.2) is 17.3 Å². The first-order chi connectivity index (χ1) is 17.0. The Morgan fingerprint density at radius 2 is 1.91 bits per heavy atom. The van der Waals surface area contributed by atoms with Crippen LogP contribution in [0.25, 0.3) is 0 Å². The number of nitrogens with zero attached hydrogens (tertiary/aromatic N) is 2. The Labute approximate surface area is 201 Å². The molecule has 2 fully saturated rings. The molecule has 11 heteroatoms. The second kappa shape index (κ2) is 9.59. The molecule has 1 spiro atoms. The molecule has 1 atom stereocenters. The molecule has 0 aliphatic carbocycles. The number of methoxy groups -OCH3 is 1. The van der Waals surface area contributed by atoms with E-state index in [0.717, 1.165) is 0 Å². The summed E-state index contributed by atoms with van der Waals surface area (Å²) in [6, 6.07) is 7.47. The summed E-state index contributed by atoms with van der Waals surface area (Å²) in [5.41, 5.74) is -0.518. The van der Waals surface area contributed by atoms with Crippen molar-refractivity contribution in [1.82, 2.24) is 15.1 Å². The lowest BCUT2D eigenvalue weighted by Crippen LogP contribution is -2.59. The summed E-state index contributed by atoms with van der Waals surface area (Å²) in [6.07, 6.45) is 2.13. The van der Waals surface area contributed by atoms with E-state index >= 15 is 0 Å². The van der Waals surface area contributed by atoms with Gasteiger partial charge < -0.3 is 33.6 Å². The Kier molecular flexibility index (Phi) is 6.35. The molecular formula is C24H27N3O8. The second-order valence-electron chi connectivity index (χ2n) is 8.57. The highest BCUT2D eigenvalue weighted by Gasteiger charge is 2.54. The van der Waals surface area contributed by atoms with Gasteiger partial charge in [-0.2, -0.15) is 0 Å². The number of ether oxygens (including phenoxy) is 4. The van der Waals surface area contributed by atoms with E-state index in [1.54, 1.807) is 42.3 Å². The van der Waals surface area contributed by atoms with Crippen molar-refractivity contribution < 1.29 is 37.7 Å². The molecule has 35 heavy (non-hydrogen) atoms. The van der Waals surface area contributed by atoms with E-state index in [0.29, 0.717) is 56.1 Å². The third kappa shape index (κ3) is 4.32. The van der Waals surface area contributed by atoms with Gasteiger partial charge in [0.05, 0.1) is 19.5 Å². The number of nitrogens with one attached hydrogen (secondary N) is 1. The Balaban J connectivity index is 1.32. The van der Waals surface area contributed by atoms with Gasteiger partial charge in [0.25, 0.3) is 11.8 Å². The Morgan fingerprint density at radius 3 is 2.66 bits per heavy atom. The third-order valence-electron chi connectivity index (χ3n) is 6.57. The number of hydrogen-bond acceptors (Lipinski definition) is 8. The van der Waals surface area contributed by atoms with Gasteiger partial charge in [0.2, 0.25) is 12.7 Å². The first kappa shape index (κ1) is 23.2. The maximum atomic E-state index is 13.4. The Morgan fingerprint density at radius 1 is 1.11 bits per heavy atom. The summed E-state index contributed by atoms with van der Waals surface area (Å²) in [5.74, 6) is 0.395. The normalized spacial score (nSPS) is 20.3. The number of hydrogen-bond donors (Lipinski definition) is 1. The van der Waals surface area contributed by atoms with Crippen LogP contribution >= 0.6 is 0 Å². The molecule has 0 saturated carbocycles. The van der Waals surface area contributed by atoms with E-state index in [4.69, 9.17) is 23.4 Å². The molecule has 1 aromatic heterocycles. The van der Waals surface area contributed by atoms with Crippen LogP contribution in [-0.2, 0) is 14.3 Å². The van der Waals surface area contributed by atoms with E-state index in [1.165, 1.54) is 11.2 Å². The number of benzene rings is 1. The molecule has 1 N–H and O–H groups in total. The highest BCUT2D eigenvalue weighted by Crippen LogP contribution is 2.39. The topological polar surface area (TPSA) is 120 Å². The van der Waals surface area contributed by atoms with E-state index in [1.807, 2.05) is 0 Å². The van der Waals surface area contributed by atoms with E-state index in [9.17, 15) is 14.4 Å². The number of piperidine rings is 1. The minimum absolute atomic E-state index is 0.0569. The number of carbonyl (C=O) groups excluding carboxylic acids is 3. The van der Waals surface area contributed by atoms with Crippen LogP contribution in [0.1, 0.15) is 33.8 Å². The minimum atomic E-state index is -1.02. The van der Waals surface area contributed by atoms with Gasteiger partial charge in [-0.3, -0.25) is 19.3 Å². The second-order valence-corrected chi connectivity index (χ2v) is 8.57. The lowest BCUT2D eigenvalue weighted by molar-refractivity contribution is -0.128. The molecule has 1 unspecified atom stereocenters. The summed E-state index contributed by atoms with van der Waals surface area (Å²) < 4.78 is 27.2. The largest absolute Gasteiger partial charge is 0.459 e. The number of amides is 3. The predicted molar refractivity (Wildman–Crippen MR) is 120 cm³/mol. The van der Waals surface area contributed by atoms with Crippen LogP contribution in [-0.4, -0.2) is 86.0 Å². The van der Waals surface area contributed by atoms with Crippen molar-refractivity contribution in [2.24, 2.45) is 0 Å². The molecule has 0 radical (unpaired) electrons. The van der Waals surface area contributed by atoms with Crippen LogP contribution in [0.2, 0.25) is 0 Å². The van der Waals surface area contributed by atoms with Crippen LogP contribution in [0.5, 0.6) is 11.5 Å². The number of fused-ring (bicyclic) bond motifs is 1. The van der Waals surface area contributed by atoms with Gasteiger partial charge in [-0.25, -0.2) is 0 Å². The van der Waals surface area contributed by atoms with E-state index < -0.39 is 17.7 Å². The van der Waals surface area contributed by atoms with Gasteiger partial charge in [0, 0.05) is 45.1 Å². The maximum absolute atomic E-state index is 13.4. The molecule has 1 aromatic carbocycles. The van der Waals surface area contributed by atoms with E-state index in [-0.39, 0.29) is 31.0 Å². The first-order valence-electron chi connectivity index (χ1n) is 11.5. The number of likely N-dealkylation sites (tertiary alicyclic amines) is 1. The van der Waals surface area contributed by atoms with Crippen molar-refractivity contribution in [2.75, 3.05) is 46.8 Å². The zero-order valence-electron chi connectivity index (χ0n) is 19.4. The van der Waals surface area contributed by atoms with Crippen molar-refractivity contribution in [3.63, 3.8) is 0 Å². The zero-order valence-corrected chi connectivity index (χ0v) is 19.4. The van der Waals surface area contributed by atoms with Crippen LogP contribution in [0, 0.1) is 0 Å². The van der Waals surface area contributed by atoms with Crippen LogP contribution in [0.3, 0.4) is 0 Å². The van der Waals surface area contributed by atoms with Gasteiger partial charge in [-0.1, -0.05) is 0 Å². The highest BCUT2D eigenvalue weighted by molar-refractivity contribution is 5.97. The zero-order chi connectivity index (χ0) is 24.4. The molecule has 0 bridgehead atoms. The van der Waals surface area contributed by atoms with Crippen molar-refractivity contribution in [1.29, 1.82) is 0 Å². The van der Waals surface area contributed by atoms with Crippen LogP contribution < -0.4 is 14.8 Å². The average molecular weight is 485 g/mol. The number of furan rings is 1. The standard InChI is InChI=1S/C24H27N3O8/c1-31-12-8-25-21(28)17-14-35-24(27(17)23(30)19-3-2-11-32-19)6-9-26(10-7-24)22(29)16-4-5-18-20(13-16)34-15-33-18/h2-5,11,13,17H,6-10,12,14-15H2,1H3,(H,25,28). The summed E-state index contributed by atoms with van der Waals surface area (Å²) in [5, 5.41) is 2.79. The molecular weight excluding hydrogens is 458 g/mol. The molecule has 11 nitrogen and oxygen atoms in total. The van der Waals surface area contributed by atoms with Gasteiger partial charge >= 0.3 is 0 Å². The smallest absolute Gasteiger partial charge is 0.292 e. The van der Waals surface area contributed by atoms with Crippen molar-refractivity contribution in [3.05, 3.63) is 47.9 Å². The molecule has 2 aromatic rings. The van der Waals surface area contributed by atoms with Crippen LogP contribution in [0.4, 0.5) is 0 Å². The molecule has 186 valence electrons. The van der Waals surface area contributed by atoms with Gasteiger partial charge in [-0.15, -0.1) is 0 Å².